The van der Waals surface area contributed by atoms with Gasteiger partial charge in [-0.25, -0.2) is 0 Å². The van der Waals surface area contributed by atoms with E-state index in [2.05, 4.69) is 32.7 Å². The number of hydrogen-bond donors (Lipinski definition) is 1. The molecule has 0 atom stereocenters. The Bertz CT molecular complexity index is 481. The second-order valence-electron chi connectivity index (χ2n) is 5.51. The van der Waals surface area contributed by atoms with E-state index < -0.39 is 0 Å². The van der Waals surface area contributed by atoms with E-state index in [1.165, 1.54) is 0 Å². The summed E-state index contributed by atoms with van der Waals surface area (Å²) in [5, 5.41) is 4.42. The molecule has 3 nitrogen and oxygen atoms in total. The molecule has 0 heterocycles. The van der Waals surface area contributed by atoms with Gasteiger partial charge in [-0.2, -0.15) is 0 Å². The molecule has 0 aliphatic rings. The predicted molar refractivity (Wildman–Crippen MR) is 85.1 cm³/mol. The molecule has 0 bridgehead atoms. The van der Waals surface area contributed by atoms with Crippen LogP contribution in [0.15, 0.2) is 23.7 Å². The van der Waals surface area contributed by atoms with Crippen LogP contribution in [0.3, 0.4) is 0 Å². The van der Waals surface area contributed by atoms with Gasteiger partial charge < -0.3 is 14.8 Å². The molecule has 1 aromatic rings. The fourth-order valence-electron chi connectivity index (χ4n) is 1.58. The number of halogens is 2. The number of rotatable bonds is 6. The highest BCUT2D eigenvalue weighted by molar-refractivity contribution is 6.31. The summed E-state index contributed by atoms with van der Waals surface area (Å²) in [5.74, 6) is 1.22. The van der Waals surface area contributed by atoms with Gasteiger partial charge in [-0.15, -0.1) is 0 Å². The molecule has 0 radical (unpaired) electrons. The summed E-state index contributed by atoms with van der Waals surface area (Å²) < 4.78 is 11.0. The van der Waals surface area contributed by atoms with Crippen molar-refractivity contribution in [2.24, 2.45) is 0 Å². The van der Waals surface area contributed by atoms with Crippen LogP contribution < -0.4 is 14.8 Å². The lowest BCUT2D eigenvalue weighted by Crippen LogP contribution is -2.35. The van der Waals surface area contributed by atoms with Crippen LogP contribution in [0, 0.1) is 0 Å². The maximum atomic E-state index is 6.11. The second-order valence-corrected chi connectivity index (χ2v) is 6.48. The van der Waals surface area contributed by atoms with Gasteiger partial charge in [0.2, 0.25) is 0 Å². The zero-order chi connectivity index (χ0) is 15.3. The fraction of sp³-hybridized carbons (Fsp3) is 0.467. The van der Waals surface area contributed by atoms with Gasteiger partial charge in [0.1, 0.15) is 6.61 Å². The molecule has 0 aromatic heterocycles. The van der Waals surface area contributed by atoms with Gasteiger partial charge in [0.15, 0.2) is 11.5 Å². The molecule has 0 unspecified atom stereocenters. The van der Waals surface area contributed by atoms with Gasteiger partial charge in [-0.3, -0.25) is 0 Å². The number of benzene rings is 1. The Morgan fingerprint density at radius 3 is 2.50 bits per heavy atom. The quantitative estimate of drug-likeness (QED) is 0.845. The van der Waals surface area contributed by atoms with Crippen LogP contribution >= 0.6 is 23.2 Å². The maximum Gasteiger partial charge on any atom is 0.166 e. The molecular weight excluding hydrogens is 297 g/mol. The van der Waals surface area contributed by atoms with Crippen molar-refractivity contribution in [1.82, 2.24) is 5.32 Å². The lowest BCUT2D eigenvalue weighted by atomic mass is 10.1. The summed E-state index contributed by atoms with van der Waals surface area (Å²) in [6, 6.07) is 3.57. The van der Waals surface area contributed by atoms with Crippen LogP contribution in [0.2, 0.25) is 5.02 Å². The molecule has 1 N–H and O–H groups in total. The van der Waals surface area contributed by atoms with E-state index >= 15 is 0 Å². The zero-order valence-corrected chi connectivity index (χ0v) is 13.9. The first-order valence-electron chi connectivity index (χ1n) is 6.30. The van der Waals surface area contributed by atoms with Gasteiger partial charge in [-0.1, -0.05) is 29.8 Å². The Morgan fingerprint density at radius 2 is 2.00 bits per heavy atom. The van der Waals surface area contributed by atoms with Gasteiger partial charge >= 0.3 is 0 Å². The summed E-state index contributed by atoms with van der Waals surface area (Å²) in [5.41, 5.74) is 0.908. The topological polar surface area (TPSA) is 30.5 Å². The Hall–Kier alpha value is -0.900. The molecule has 0 saturated carbocycles. The highest BCUT2D eigenvalue weighted by Gasteiger charge is 2.16. The molecule has 0 spiro atoms. The molecular formula is C15H21Cl2NO2. The SMILES string of the molecule is C=C(Cl)COc1c(CNC(C)(C)C)cc(Cl)cc1OC. The van der Waals surface area contributed by atoms with E-state index in [-0.39, 0.29) is 12.1 Å². The lowest BCUT2D eigenvalue weighted by Gasteiger charge is -2.22. The van der Waals surface area contributed by atoms with E-state index in [1.807, 2.05) is 6.07 Å². The molecule has 0 amide bonds. The van der Waals surface area contributed by atoms with Crippen LogP contribution in [-0.2, 0) is 6.54 Å². The molecule has 0 aliphatic carbocycles. The molecule has 0 fully saturated rings. The van der Waals surface area contributed by atoms with Crippen molar-refractivity contribution in [3.8, 4) is 11.5 Å². The standard InChI is InChI=1S/C15H21Cl2NO2/c1-10(16)9-20-14-11(8-18-15(2,3)4)6-12(17)7-13(14)19-5/h6-7,18H,1,8-9H2,2-5H3. The Kier molecular flexibility index (Phi) is 6.18. The van der Waals surface area contributed by atoms with E-state index in [9.17, 15) is 0 Å². The average molecular weight is 318 g/mol. The molecule has 0 aliphatic heterocycles. The minimum Gasteiger partial charge on any atom is -0.493 e. The Labute approximate surface area is 130 Å². The highest BCUT2D eigenvalue weighted by Crippen LogP contribution is 2.35. The molecule has 0 saturated heterocycles. The van der Waals surface area contributed by atoms with Gasteiger partial charge in [0, 0.05) is 33.8 Å². The second kappa shape index (κ2) is 7.21. The third-order valence-electron chi connectivity index (χ3n) is 2.50. The molecule has 1 rings (SSSR count). The predicted octanol–water partition coefficient (Wildman–Crippen LogP) is 4.37. The lowest BCUT2D eigenvalue weighted by molar-refractivity contribution is 0.317. The monoisotopic (exact) mass is 317 g/mol. The largest absolute Gasteiger partial charge is 0.493 e. The number of nitrogens with one attached hydrogen (secondary N) is 1. The summed E-state index contributed by atoms with van der Waals surface area (Å²) in [6.45, 7) is 10.7. The smallest absolute Gasteiger partial charge is 0.166 e. The first-order chi connectivity index (χ1) is 9.23. The van der Waals surface area contributed by atoms with Crippen LogP contribution in [0.4, 0.5) is 0 Å². The van der Waals surface area contributed by atoms with E-state index in [0.717, 1.165) is 5.56 Å². The van der Waals surface area contributed by atoms with Crippen molar-refractivity contribution < 1.29 is 9.47 Å². The van der Waals surface area contributed by atoms with Crippen molar-refractivity contribution >= 4 is 23.2 Å². The minimum atomic E-state index is -0.0110. The van der Waals surface area contributed by atoms with Gasteiger partial charge in [-0.05, 0) is 26.8 Å². The molecule has 1 aromatic carbocycles. The van der Waals surface area contributed by atoms with Gasteiger partial charge in [0.25, 0.3) is 0 Å². The number of ether oxygens (including phenoxy) is 2. The third-order valence-corrected chi connectivity index (χ3v) is 2.83. The zero-order valence-electron chi connectivity index (χ0n) is 12.3. The summed E-state index contributed by atoms with van der Waals surface area (Å²) in [7, 11) is 1.58. The first-order valence-corrected chi connectivity index (χ1v) is 7.06. The molecule has 112 valence electrons. The normalized spacial score (nSPS) is 11.3. The minimum absolute atomic E-state index is 0.0110. The summed E-state index contributed by atoms with van der Waals surface area (Å²) in [6.07, 6.45) is 0. The number of methoxy groups -OCH3 is 1. The summed E-state index contributed by atoms with van der Waals surface area (Å²) in [4.78, 5) is 0. The molecule has 5 heteroatoms. The molecule has 20 heavy (non-hydrogen) atoms. The van der Waals surface area contributed by atoms with Crippen LogP contribution in [-0.4, -0.2) is 19.3 Å². The maximum absolute atomic E-state index is 6.11. The van der Waals surface area contributed by atoms with Crippen LogP contribution in [0.1, 0.15) is 26.3 Å². The van der Waals surface area contributed by atoms with E-state index in [4.69, 9.17) is 32.7 Å². The van der Waals surface area contributed by atoms with Crippen molar-refractivity contribution in [3.63, 3.8) is 0 Å². The Morgan fingerprint density at radius 1 is 1.35 bits per heavy atom. The summed E-state index contributed by atoms with van der Waals surface area (Å²) >= 11 is 11.9. The van der Waals surface area contributed by atoms with Crippen LogP contribution in [0.5, 0.6) is 11.5 Å². The van der Waals surface area contributed by atoms with E-state index in [0.29, 0.717) is 28.1 Å². The van der Waals surface area contributed by atoms with Crippen molar-refractivity contribution in [1.29, 1.82) is 0 Å². The van der Waals surface area contributed by atoms with Crippen molar-refractivity contribution in [2.75, 3.05) is 13.7 Å². The van der Waals surface area contributed by atoms with Crippen molar-refractivity contribution in [3.05, 3.63) is 34.3 Å². The number of hydrogen-bond acceptors (Lipinski definition) is 3. The fourth-order valence-corrected chi connectivity index (χ4v) is 1.87. The van der Waals surface area contributed by atoms with Crippen LogP contribution in [0.25, 0.3) is 0 Å². The van der Waals surface area contributed by atoms with E-state index in [1.54, 1.807) is 13.2 Å². The highest BCUT2D eigenvalue weighted by atomic mass is 35.5. The van der Waals surface area contributed by atoms with Gasteiger partial charge in [0.05, 0.1) is 7.11 Å². The first kappa shape index (κ1) is 17.2. The average Bonchev–Trinajstić information content (AvgIpc) is 2.33. The third kappa shape index (κ3) is 5.61. The van der Waals surface area contributed by atoms with Crippen molar-refractivity contribution in [2.45, 2.75) is 32.9 Å². The Balaban J connectivity index is 3.04.